The lowest BCUT2D eigenvalue weighted by molar-refractivity contribution is 0.181. The monoisotopic (exact) mass is 273 g/mol. The Labute approximate surface area is 112 Å². The third kappa shape index (κ3) is 3.27. The molecule has 0 amide bonds. The van der Waals surface area contributed by atoms with Gasteiger partial charge in [0.2, 0.25) is 0 Å². The van der Waals surface area contributed by atoms with Crippen molar-refractivity contribution in [3.8, 4) is 0 Å². The molecule has 0 spiro atoms. The molecule has 106 valence electrons. The Kier molecular flexibility index (Phi) is 4.70. The molecule has 1 saturated carbocycles. The van der Waals surface area contributed by atoms with Crippen LogP contribution in [0.25, 0.3) is 0 Å². The van der Waals surface area contributed by atoms with Crippen molar-refractivity contribution >= 4 is 9.84 Å². The number of nitrogens with one attached hydrogen (secondary N) is 1. The second-order valence-electron chi connectivity index (χ2n) is 6.18. The van der Waals surface area contributed by atoms with E-state index < -0.39 is 9.84 Å². The molecule has 1 aliphatic heterocycles. The maximum Gasteiger partial charge on any atom is 0.150 e. The van der Waals surface area contributed by atoms with Gasteiger partial charge in [-0.1, -0.05) is 26.2 Å². The van der Waals surface area contributed by atoms with Crippen LogP contribution in [0.3, 0.4) is 0 Å². The molecule has 0 radical (unpaired) electrons. The molecule has 18 heavy (non-hydrogen) atoms. The molecule has 1 saturated heterocycles. The zero-order valence-electron chi connectivity index (χ0n) is 11.7. The summed E-state index contributed by atoms with van der Waals surface area (Å²) in [5, 5.41) is 3.43. The van der Waals surface area contributed by atoms with Crippen LogP contribution in [0.1, 0.15) is 45.4 Å². The van der Waals surface area contributed by atoms with Crippen LogP contribution < -0.4 is 5.32 Å². The fraction of sp³-hybridized carbons (Fsp3) is 1.00. The maximum absolute atomic E-state index is 11.6. The molecule has 4 atom stereocenters. The van der Waals surface area contributed by atoms with Crippen molar-refractivity contribution in [3.05, 3.63) is 0 Å². The van der Waals surface area contributed by atoms with Crippen molar-refractivity contribution in [3.63, 3.8) is 0 Å². The predicted octanol–water partition coefficient (Wildman–Crippen LogP) is 2.23. The number of sulfone groups is 1. The molecule has 2 fully saturated rings. The number of rotatable bonds is 4. The minimum atomic E-state index is -2.75. The maximum atomic E-state index is 11.6. The Morgan fingerprint density at radius 3 is 2.56 bits per heavy atom. The lowest BCUT2D eigenvalue weighted by Gasteiger charge is -2.36. The van der Waals surface area contributed by atoms with Gasteiger partial charge in [0.05, 0.1) is 11.5 Å². The molecule has 0 aromatic rings. The van der Waals surface area contributed by atoms with Gasteiger partial charge in [-0.05, 0) is 44.1 Å². The average molecular weight is 273 g/mol. The highest BCUT2D eigenvalue weighted by Crippen LogP contribution is 2.37. The molecule has 4 heteroatoms. The Hall–Kier alpha value is -0.0900. The van der Waals surface area contributed by atoms with Gasteiger partial charge >= 0.3 is 0 Å². The van der Waals surface area contributed by atoms with Crippen LogP contribution in [0.5, 0.6) is 0 Å². The molecule has 2 aliphatic rings. The molecule has 1 heterocycles. The summed E-state index contributed by atoms with van der Waals surface area (Å²) < 4.78 is 23.3. The zero-order chi connectivity index (χ0) is 13.2. The normalized spacial score (nSPS) is 37.6. The van der Waals surface area contributed by atoms with Crippen molar-refractivity contribution in [1.29, 1.82) is 0 Å². The van der Waals surface area contributed by atoms with E-state index in [4.69, 9.17) is 0 Å². The third-order valence-electron chi connectivity index (χ3n) is 5.02. The second kappa shape index (κ2) is 5.91. The summed E-state index contributed by atoms with van der Waals surface area (Å²) in [5.74, 6) is 2.70. The van der Waals surface area contributed by atoms with Gasteiger partial charge in [-0.15, -0.1) is 0 Å². The molecular formula is C14H27NO2S. The van der Waals surface area contributed by atoms with E-state index in [1.54, 1.807) is 0 Å². The van der Waals surface area contributed by atoms with E-state index in [0.29, 0.717) is 29.4 Å². The SMILES string of the molecule is CCC1CCCC(C(NC)C2CCS(=O)(=O)C2)C1. The van der Waals surface area contributed by atoms with E-state index in [0.717, 1.165) is 12.3 Å². The highest BCUT2D eigenvalue weighted by Gasteiger charge is 2.38. The molecule has 0 aromatic carbocycles. The Morgan fingerprint density at radius 1 is 1.22 bits per heavy atom. The predicted molar refractivity (Wildman–Crippen MR) is 75.3 cm³/mol. The van der Waals surface area contributed by atoms with Crippen LogP contribution in [0.4, 0.5) is 0 Å². The van der Waals surface area contributed by atoms with Crippen molar-refractivity contribution in [2.75, 3.05) is 18.6 Å². The summed E-state index contributed by atoms with van der Waals surface area (Å²) in [6.45, 7) is 2.28. The first-order valence-corrected chi connectivity index (χ1v) is 9.25. The second-order valence-corrected chi connectivity index (χ2v) is 8.41. The molecule has 3 nitrogen and oxygen atoms in total. The summed E-state index contributed by atoms with van der Waals surface area (Å²) in [4.78, 5) is 0. The molecule has 4 unspecified atom stereocenters. The van der Waals surface area contributed by atoms with E-state index in [-0.39, 0.29) is 0 Å². The van der Waals surface area contributed by atoms with Gasteiger partial charge in [0, 0.05) is 6.04 Å². The minimum Gasteiger partial charge on any atom is -0.316 e. The summed E-state index contributed by atoms with van der Waals surface area (Å²) >= 11 is 0. The molecule has 1 N–H and O–H groups in total. The van der Waals surface area contributed by atoms with Gasteiger partial charge in [-0.25, -0.2) is 8.42 Å². The third-order valence-corrected chi connectivity index (χ3v) is 6.81. The Balaban J connectivity index is 2.00. The molecule has 2 rings (SSSR count). The van der Waals surface area contributed by atoms with Gasteiger partial charge in [0.25, 0.3) is 0 Å². The van der Waals surface area contributed by atoms with Gasteiger partial charge < -0.3 is 5.32 Å². The van der Waals surface area contributed by atoms with E-state index in [1.807, 2.05) is 7.05 Å². The lowest BCUT2D eigenvalue weighted by Crippen LogP contribution is -2.42. The zero-order valence-corrected chi connectivity index (χ0v) is 12.5. The standard InChI is InChI=1S/C14H27NO2S/c1-3-11-5-4-6-12(9-11)14(15-2)13-7-8-18(16,17)10-13/h11-15H,3-10H2,1-2H3. The van der Waals surface area contributed by atoms with E-state index in [2.05, 4.69) is 12.2 Å². The van der Waals surface area contributed by atoms with Crippen molar-refractivity contribution in [2.45, 2.75) is 51.5 Å². The van der Waals surface area contributed by atoms with Crippen LogP contribution in [-0.2, 0) is 9.84 Å². The minimum absolute atomic E-state index is 0.348. The first-order chi connectivity index (χ1) is 8.55. The van der Waals surface area contributed by atoms with Gasteiger partial charge in [-0.3, -0.25) is 0 Å². The van der Waals surface area contributed by atoms with Crippen molar-refractivity contribution in [2.24, 2.45) is 17.8 Å². The van der Waals surface area contributed by atoms with Crippen LogP contribution in [0, 0.1) is 17.8 Å². The van der Waals surface area contributed by atoms with Crippen LogP contribution >= 0.6 is 0 Å². The van der Waals surface area contributed by atoms with Gasteiger partial charge in [-0.2, -0.15) is 0 Å². The summed E-state index contributed by atoms with van der Waals surface area (Å²) in [6.07, 6.45) is 7.39. The molecule has 1 aliphatic carbocycles. The van der Waals surface area contributed by atoms with E-state index in [1.165, 1.54) is 32.1 Å². The molecule has 0 bridgehead atoms. The summed E-state index contributed by atoms with van der Waals surface area (Å²) in [7, 11) is -0.743. The van der Waals surface area contributed by atoms with Crippen molar-refractivity contribution in [1.82, 2.24) is 5.32 Å². The first kappa shape index (κ1) is 14.3. The fourth-order valence-electron chi connectivity index (χ4n) is 3.99. The Bertz CT molecular complexity index is 366. The molecule has 0 aromatic heterocycles. The van der Waals surface area contributed by atoms with E-state index >= 15 is 0 Å². The number of hydrogen-bond acceptors (Lipinski definition) is 3. The summed E-state index contributed by atoms with van der Waals surface area (Å²) in [6, 6.07) is 0.414. The van der Waals surface area contributed by atoms with Crippen LogP contribution in [0.2, 0.25) is 0 Å². The van der Waals surface area contributed by atoms with Gasteiger partial charge in [0.1, 0.15) is 0 Å². The van der Waals surface area contributed by atoms with Crippen molar-refractivity contribution < 1.29 is 8.42 Å². The lowest BCUT2D eigenvalue weighted by atomic mass is 9.73. The van der Waals surface area contributed by atoms with Gasteiger partial charge in [0.15, 0.2) is 9.84 Å². The van der Waals surface area contributed by atoms with Crippen LogP contribution in [-0.4, -0.2) is 33.0 Å². The van der Waals surface area contributed by atoms with E-state index in [9.17, 15) is 8.42 Å². The quantitative estimate of drug-likeness (QED) is 0.854. The highest BCUT2D eigenvalue weighted by molar-refractivity contribution is 7.91. The smallest absolute Gasteiger partial charge is 0.150 e. The Morgan fingerprint density at radius 2 is 2.00 bits per heavy atom. The fourth-order valence-corrected chi connectivity index (χ4v) is 5.85. The van der Waals surface area contributed by atoms with Crippen LogP contribution in [0.15, 0.2) is 0 Å². The first-order valence-electron chi connectivity index (χ1n) is 7.43. The summed E-state index contributed by atoms with van der Waals surface area (Å²) in [5.41, 5.74) is 0. The molecular weight excluding hydrogens is 246 g/mol. The largest absolute Gasteiger partial charge is 0.316 e. The number of hydrogen-bond donors (Lipinski definition) is 1. The highest BCUT2D eigenvalue weighted by atomic mass is 32.2. The average Bonchev–Trinajstić information content (AvgIpc) is 2.71. The topological polar surface area (TPSA) is 46.2 Å².